The van der Waals surface area contributed by atoms with E-state index in [1.807, 2.05) is 30.3 Å². The van der Waals surface area contributed by atoms with Crippen molar-refractivity contribution in [2.75, 3.05) is 0 Å². The third-order valence-corrected chi connectivity index (χ3v) is 12.5. The fourth-order valence-electron chi connectivity index (χ4n) is 7.77. The van der Waals surface area contributed by atoms with E-state index in [1.165, 1.54) is 6.07 Å². The molecule has 52 heavy (non-hydrogen) atoms. The van der Waals surface area contributed by atoms with Gasteiger partial charge in [0.1, 0.15) is 0 Å². The molecule has 4 aliphatic carbocycles. The maximum atomic E-state index is 11.4. The molecule has 3 nitrogen and oxygen atoms in total. The standard InChI is InChI=1S/C48H51N3Se/c1-29-27-39-34-20-10-9-19-33(34)28-40(39)43(30(29)2)38-25-26-42-46(37-23-13-14-24-41(37)52-42)45(38)35-21-11-12-22-36(35)48-44(31-15-5-3-6-16-31)47(49-51-50-48)32-17-7-4-8-18-32/h9-10,13-14,19-20,23-27,31-32,35-36H,3-8,11-12,15-18,21-22,28H2,1-2H3/i3D2,4D2,5D2,6D2,7D2,8D2,11D2,12D2,15D,16D2,17D,18D2,21D2,22D2,31D,32D,35D. The summed E-state index contributed by atoms with van der Waals surface area (Å²) >= 11 is -0.734. The number of aromatic nitrogens is 3. The van der Waals surface area contributed by atoms with Gasteiger partial charge < -0.3 is 0 Å². The first-order valence-electron chi connectivity index (χ1n) is 31.5. The SMILES string of the molecule is [2H]C1C([2H])([2H])C([2H])([2H])C([2H])([2H])C([2H])([2H])C1([2H])c1nnnc(C2C([2H])([2H])C([2H])([2H])C([2H])([2H])C([2H])([2H])C2([2H])c2c(-c3c(C)c(C)cc4c3Cc3ccccc3-4)ccc3[se]c4ccccc4c23)c1C1([2H])C([2H])C([2H])([2H])C([2H])([2H])C([2H])([2H])C1([2H])[2H]. The van der Waals surface area contributed by atoms with E-state index < -0.39 is 150 Å². The van der Waals surface area contributed by atoms with E-state index in [4.69, 9.17) is 16.4 Å². The summed E-state index contributed by atoms with van der Waals surface area (Å²) in [6.07, 6.45) is -57.7. The van der Waals surface area contributed by atoms with Crippen LogP contribution in [0.1, 0.15) is 197 Å². The first-order valence-corrected chi connectivity index (χ1v) is 18.6. The molecule has 6 unspecified atom stereocenters. The molecule has 10 rings (SSSR count). The summed E-state index contributed by atoms with van der Waals surface area (Å²) in [5.74, 6) is -16.1. The molecule has 4 aliphatic rings. The molecule has 2 heterocycles. The first-order chi connectivity index (χ1) is 36.6. The summed E-state index contributed by atoms with van der Waals surface area (Å²) in [5, 5.41) is 11.5. The van der Waals surface area contributed by atoms with Crippen LogP contribution in [0.3, 0.4) is 0 Å². The van der Waals surface area contributed by atoms with Gasteiger partial charge in [-0.15, -0.1) is 0 Å². The van der Waals surface area contributed by atoms with E-state index in [9.17, 15) is 23.3 Å². The topological polar surface area (TPSA) is 38.7 Å². The zero-order valence-corrected chi connectivity index (χ0v) is 29.8. The predicted molar refractivity (Wildman–Crippen MR) is 217 cm³/mol. The van der Waals surface area contributed by atoms with Gasteiger partial charge in [0.05, 0.1) is 0 Å². The van der Waals surface area contributed by atoms with Crippen molar-refractivity contribution >= 4 is 33.8 Å². The van der Waals surface area contributed by atoms with Gasteiger partial charge in [-0.2, -0.15) is 0 Å². The van der Waals surface area contributed by atoms with Crippen LogP contribution in [0.5, 0.6) is 0 Å². The maximum absolute atomic E-state index is 11.4. The molecule has 0 radical (unpaired) electrons. The number of benzene rings is 4. The van der Waals surface area contributed by atoms with Crippen molar-refractivity contribution in [2.24, 2.45) is 0 Å². The fraction of sp³-hybridized carbons (Fsp3) is 0.438. The summed E-state index contributed by atoms with van der Waals surface area (Å²) in [4.78, 5) is 0. The second-order valence-electron chi connectivity index (χ2n) is 12.9. The molecular formula is C48H51N3Se. The molecule has 2 aromatic heterocycles. The number of fused-ring (bicyclic) bond motifs is 6. The Balaban J connectivity index is 1.48. The van der Waals surface area contributed by atoms with E-state index in [0.29, 0.717) is 41.7 Å². The first kappa shape index (κ1) is 14.6. The van der Waals surface area contributed by atoms with E-state index in [-0.39, 0.29) is 17.4 Å². The van der Waals surface area contributed by atoms with E-state index >= 15 is 0 Å². The van der Waals surface area contributed by atoms with Crippen molar-refractivity contribution in [2.45, 2.75) is 133 Å². The van der Waals surface area contributed by atoms with E-state index in [1.54, 1.807) is 44.2 Å². The van der Waals surface area contributed by atoms with Crippen LogP contribution in [0.4, 0.5) is 0 Å². The third kappa shape index (κ3) is 5.46. The molecular weight excluding hydrogens is 698 g/mol. The number of hydrogen-bond acceptors (Lipinski definition) is 3. The van der Waals surface area contributed by atoms with Crippen LogP contribution >= 0.6 is 0 Å². The van der Waals surface area contributed by atoms with Crippen molar-refractivity contribution in [3.05, 3.63) is 111 Å². The number of hydrogen-bond donors (Lipinski definition) is 0. The second kappa shape index (κ2) is 13.7. The monoisotopic (exact) mass is 779 g/mol. The van der Waals surface area contributed by atoms with Gasteiger partial charge in [0.15, 0.2) is 0 Å². The molecule has 4 aromatic carbocycles. The van der Waals surface area contributed by atoms with Crippen molar-refractivity contribution in [3.8, 4) is 22.3 Å². The minimum absolute atomic E-state index is 0.00164. The fourth-order valence-corrected chi connectivity index (χ4v) is 10.1. The van der Waals surface area contributed by atoms with Crippen molar-refractivity contribution < 1.29 is 39.8 Å². The normalized spacial score (nSPS) is 50.1. The van der Waals surface area contributed by atoms with Crippen LogP contribution < -0.4 is 0 Å². The number of rotatable bonds is 5. The quantitative estimate of drug-likeness (QED) is 0.163. The Kier molecular flexibility index (Phi) is 3.83. The van der Waals surface area contributed by atoms with Crippen LogP contribution in [0.15, 0.2) is 66.7 Å². The summed E-state index contributed by atoms with van der Waals surface area (Å²) < 4.78 is 275. The van der Waals surface area contributed by atoms with Crippen LogP contribution in [0, 0.1) is 13.8 Å². The minimum atomic E-state index is -4.54. The average molecular weight is 778 g/mol. The Labute approximate surface area is 356 Å². The number of nitrogens with zero attached hydrogens (tertiary/aromatic N) is 3. The molecule has 6 aromatic rings. The Hall–Kier alpha value is -3.59. The molecule has 3 fully saturated rings. The van der Waals surface area contributed by atoms with Crippen LogP contribution in [0.2, 0.25) is 0 Å². The van der Waals surface area contributed by atoms with E-state index in [0.717, 1.165) is 11.1 Å². The Morgan fingerprint density at radius 3 is 2.33 bits per heavy atom. The molecule has 6 atom stereocenters. The second-order valence-corrected chi connectivity index (χ2v) is 15.2. The molecule has 0 bridgehead atoms. The van der Waals surface area contributed by atoms with Gasteiger partial charge in [-0.1, -0.05) is 0 Å². The van der Waals surface area contributed by atoms with Crippen molar-refractivity contribution in [1.82, 2.24) is 15.4 Å². The third-order valence-electron chi connectivity index (χ3n) is 10.2. The van der Waals surface area contributed by atoms with Gasteiger partial charge in [0.25, 0.3) is 0 Å². The van der Waals surface area contributed by atoms with Crippen LogP contribution in [0.25, 0.3) is 41.5 Å². The molecule has 0 amide bonds. The summed E-state index contributed by atoms with van der Waals surface area (Å²) in [7, 11) is 0. The van der Waals surface area contributed by atoms with Crippen LogP contribution in [-0.4, -0.2) is 29.9 Å². The van der Waals surface area contributed by atoms with Gasteiger partial charge >= 0.3 is 353 Å². The van der Waals surface area contributed by atoms with Crippen molar-refractivity contribution in [1.29, 1.82) is 0 Å². The molecule has 0 N–H and O–H groups in total. The van der Waals surface area contributed by atoms with Gasteiger partial charge in [-0.05, 0) is 0 Å². The molecule has 0 spiro atoms. The van der Waals surface area contributed by atoms with Gasteiger partial charge in [0.2, 0.25) is 0 Å². The van der Waals surface area contributed by atoms with Gasteiger partial charge in [-0.25, -0.2) is 0 Å². The predicted octanol–water partition coefficient (Wildman–Crippen LogP) is 12.6. The van der Waals surface area contributed by atoms with Gasteiger partial charge in [-0.3, -0.25) is 0 Å². The van der Waals surface area contributed by atoms with E-state index in [2.05, 4.69) is 15.4 Å². The zero-order chi connectivity index (χ0) is 60.8. The zero-order valence-electron chi connectivity index (χ0n) is 57.0. The average Bonchev–Trinajstić information content (AvgIpc) is 1.73. The van der Waals surface area contributed by atoms with Gasteiger partial charge in [0, 0.05) is 2.74 Å². The van der Waals surface area contributed by atoms with Crippen molar-refractivity contribution in [3.63, 3.8) is 0 Å². The molecule has 0 saturated heterocycles. The molecule has 0 aliphatic heterocycles. The summed E-state index contributed by atoms with van der Waals surface area (Å²) in [6, 6.07) is 19.1. The molecule has 264 valence electrons. The number of aryl methyl sites for hydroxylation is 1. The Morgan fingerprint density at radius 1 is 0.673 bits per heavy atom. The Morgan fingerprint density at radius 2 is 1.42 bits per heavy atom. The summed E-state index contributed by atoms with van der Waals surface area (Å²) in [6.45, 7) is 3.49. The Bertz CT molecular complexity index is 3670. The van der Waals surface area contributed by atoms with Crippen LogP contribution in [-0.2, 0) is 6.42 Å². The summed E-state index contributed by atoms with van der Waals surface area (Å²) in [5.41, 5.74) is -1.88. The molecule has 4 heteroatoms. The molecule has 3 saturated carbocycles.